The molecule has 1 aromatic carbocycles. The maximum absolute atomic E-state index is 9.88. The predicted molar refractivity (Wildman–Crippen MR) is 115 cm³/mol. The van der Waals surface area contributed by atoms with Crippen molar-refractivity contribution in [3.63, 3.8) is 0 Å². The fourth-order valence-corrected chi connectivity index (χ4v) is 5.09. The number of aromatic nitrogens is 1. The molecule has 146 valence electrons. The van der Waals surface area contributed by atoms with Gasteiger partial charge in [0.15, 0.2) is 0 Å². The number of benzene rings is 1. The van der Waals surface area contributed by atoms with E-state index >= 15 is 0 Å². The lowest BCUT2D eigenvalue weighted by atomic mass is 9.88. The number of pyridine rings is 1. The number of nitriles is 1. The summed E-state index contributed by atoms with van der Waals surface area (Å²) in [5.41, 5.74) is 4.10. The Labute approximate surface area is 179 Å². The summed E-state index contributed by atoms with van der Waals surface area (Å²) in [7, 11) is 0. The fraction of sp³-hybridized carbons (Fsp3) is 0.429. The van der Waals surface area contributed by atoms with Gasteiger partial charge in [-0.15, -0.1) is 11.8 Å². The largest absolute Gasteiger partial charge is 0.378 e. The highest BCUT2D eigenvalue weighted by atomic mass is 35.5. The average molecular weight is 434 g/mol. The van der Waals surface area contributed by atoms with Gasteiger partial charge in [-0.1, -0.05) is 23.2 Å². The molecular weight excluding hydrogens is 413 g/mol. The third-order valence-electron chi connectivity index (χ3n) is 5.26. The Morgan fingerprint density at radius 2 is 1.86 bits per heavy atom. The van der Waals surface area contributed by atoms with Crippen LogP contribution in [0.4, 0.5) is 5.82 Å². The number of halogens is 2. The number of thioether (sulfide) groups is 1. The van der Waals surface area contributed by atoms with E-state index in [1.807, 2.05) is 12.1 Å². The molecule has 0 amide bonds. The number of rotatable bonds is 4. The van der Waals surface area contributed by atoms with E-state index in [-0.39, 0.29) is 0 Å². The van der Waals surface area contributed by atoms with E-state index < -0.39 is 0 Å². The van der Waals surface area contributed by atoms with Gasteiger partial charge < -0.3 is 9.64 Å². The van der Waals surface area contributed by atoms with Crippen molar-refractivity contribution in [2.24, 2.45) is 0 Å². The highest BCUT2D eigenvalue weighted by Crippen LogP contribution is 2.36. The normalized spacial score (nSPS) is 16.5. The number of ether oxygens (including phenoxy) is 1. The molecule has 0 atom stereocenters. The molecule has 2 heterocycles. The molecule has 4 rings (SSSR count). The molecule has 4 nitrogen and oxygen atoms in total. The number of hydrogen-bond donors (Lipinski definition) is 0. The summed E-state index contributed by atoms with van der Waals surface area (Å²) >= 11 is 13.8. The Bertz CT molecular complexity index is 923. The molecule has 1 aliphatic heterocycles. The molecule has 1 aliphatic carbocycles. The summed E-state index contributed by atoms with van der Waals surface area (Å²) < 4.78 is 5.52. The van der Waals surface area contributed by atoms with Crippen molar-refractivity contribution in [3.8, 4) is 6.07 Å². The maximum Gasteiger partial charge on any atom is 0.132 e. The smallest absolute Gasteiger partial charge is 0.132 e. The molecule has 2 aliphatic rings. The highest BCUT2D eigenvalue weighted by Gasteiger charge is 2.25. The van der Waals surface area contributed by atoms with Gasteiger partial charge in [0, 0.05) is 23.7 Å². The van der Waals surface area contributed by atoms with Crippen LogP contribution in [-0.2, 0) is 23.3 Å². The molecule has 0 N–H and O–H groups in total. The fourth-order valence-electron chi connectivity index (χ4n) is 3.84. The molecule has 0 spiro atoms. The lowest BCUT2D eigenvalue weighted by Gasteiger charge is -2.32. The van der Waals surface area contributed by atoms with Crippen LogP contribution in [-0.4, -0.2) is 31.3 Å². The van der Waals surface area contributed by atoms with Gasteiger partial charge in [-0.2, -0.15) is 5.26 Å². The zero-order valence-electron chi connectivity index (χ0n) is 15.5. The molecule has 2 aromatic rings. The van der Waals surface area contributed by atoms with E-state index in [0.717, 1.165) is 74.0 Å². The maximum atomic E-state index is 9.88. The van der Waals surface area contributed by atoms with Crippen molar-refractivity contribution in [2.75, 3.05) is 31.2 Å². The number of hydrogen-bond acceptors (Lipinski definition) is 5. The van der Waals surface area contributed by atoms with Crippen LogP contribution in [0.3, 0.4) is 0 Å². The second kappa shape index (κ2) is 8.92. The number of nitrogens with zero attached hydrogens (tertiary/aromatic N) is 3. The number of morpholine rings is 1. The zero-order chi connectivity index (χ0) is 19.5. The molecule has 0 unspecified atom stereocenters. The molecule has 7 heteroatoms. The second-order valence-electron chi connectivity index (χ2n) is 7.00. The van der Waals surface area contributed by atoms with Gasteiger partial charge in [-0.25, -0.2) is 4.98 Å². The zero-order valence-corrected chi connectivity index (χ0v) is 17.8. The van der Waals surface area contributed by atoms with Crippen LogP contribution in [0.2, 0.25) is 10.0 Å². The molecule has 0 bridgehead atoms. The molecule has 0 radical (unpaired) electrons. The Balaban J connectivity index is 1.68. The second-order valence-corrected chi connectivity index (χ2v) is 8.86. The van der Waals surface area contributed by atoms with Crippen molar-refractivity contribution in [1.82, 2.24) is 4.98 Å². The minimum Gasteiger partial charge on any atom is -0.378 e. The van der Waals surface area contributed by atoms with Crippen LogP contribution in [0.15, 0.2) is 23.1 Å². The number of fused-ring (bicyclic) bond motifs is 1. The average Bonchev–Trinajstić information content (AvgIpc) is 2.74. The van der Waals surface area contributed by atoms with Crippen molar-refractivity contribution in [1.29, 1.82) is 5.26 Å². The van der Waals surface area contributed by atoms with Crippen molar-refractivity contribution >= 4 is 40.8 Å². The minimum atomic E-state index is 0.541. The first-order chi connectivity index (χ1) is 13.7. The predicted octanol–water partition coefficient (Wildman–Crippen LogP) is 5.27. The van der Waals surface area contributed by atoms with Crippen LogP contribution in [0.1, 0.15) is 35.2 Å². The summed E-state index contributed by atoms with van der Waals surface area (Å²) in [6.07, 6.45) is 4.26. The minimum absolute atomic E-state index is 0.541. The van der Waals surface area contributed by atoms with Crippen molar-refractivity contribution in [3.05, 3.63) is 50.6 Å². The SMILES string of the molecule is N#Cc1c(CSc2ccc(Cl)c(Cl)c2)nc(N2CCOCC2)c2c1CCCC2. The molecule has 1 saturated heterocycles. The first-order valence-corrected chi connectivity index (χ1v) is 11.3. The van der Waals surface area contributed by atoms with Gasteiger partial charge in [0.1, 0.15) is 11.9 Å². The Hall–Kier alpha value is -1.45. The van der Waals surface area contributed by atoms with Crippen LogP contribution in [0, 0.1) is 11.3 Å². The van der Waals surface area contributed by atoms with E-state index in [9.17, 15) is 5.26 Å². The van der Waals surface area contributed by atoms with Gasteiger partial charge in [-0.05, 0) is 55.0 Å². The summed E-state index contributed by atoms with van der Waals surface area (Å²) in [4.78, 5) is 8.34. The molecular formula is C21H21Cl2N3OS. The third-order valence-corrected chi connectivity index (χ3v) is 7.00. The lowest BCUT2D eigenvalue weighted by molar-refractivity contribution is 0.122. The molecule has 28 heavy (non-hydrogen) atoms. The molecule has 0 saturated carbocycles. The van der Waals surface area contributed by atoms with Gasteiger partial charge in [-0.3, -0.25) is 0 Å². The van der Waals surface area contributed by atoms with Gasteiger partial charge >= 0.3 is 0 Å². The van der Waals surface area contributed by atoms with Gasteiger partial charge in [0.05, 0.1) is 34.5 Å². The van der Waals surface area contributed by atoms with Crippen LogP contribution >= 0.6 is 35.0 Å². The van der Waals surface area contributed by atoms with Crippen LogP contribution in [0.25, 0.3) is 0 Å². The topological polar surface area (TPSA) is 49.2 Å². The van der Waals surface area contributed by atoms with Crippen LogP contribution in [0.5, 0.6) is 0 Å². The Kier molecular flexibility index (Phi) is 6.32. The quantitative estimate of drug-likeness (QED) is 0.614. The van der Waals surface area contributed by atoms with Crippen molar-refractivity contribution < 1.29 is 4.74 Å². The summed E-state index contributed by atoms with van der Waals surface area (Å²) in [5.74, 6) is 1.69. The van der Waals surface area contributed by atoms with E-state index in [1.54, 1.807) is 17.8 Å². The van der Waals surface area contributed by atoms with E-state index in [4.69, 9.17) is 32.9 Å². The third kappa shape index (κ3) is 4.11. The lowest BCUT2D eigenvalue weighted by Crippen LogP contribution is -2.38. The van der Waals surface area contributed by atoms with Gasteiger partial charge in [0.2, 0.25) is 0 Å². The highest BCUT2D eigenvalue weighted by molar-refractivity contribution is 7.98. The molecule has 1 fully saturated rings. The Morgan fingerprint density at radius 3 is 2.57 bits per heavy atom. The first-order valence-electron chi connectivity index (χ1n) is 9.52. The van der Waals surface area contributed by atoms with E-state index in [2.05, 4.69) is 11.0 Å². The first kappa shape index (κ1) is 19.8. The Morgan fingerprint density at radius 1 is 1.11 bits per heavy atom. The summed E-state index contributed by atoms with van der Waals surface area (Å²) in [5, 5.41) is 11.0. The number of anilines is 1. The molecule has 1 aromatic heterocycles. The van der Waals surface area contributed by atoms with Crippen molar-refractivity contribution in [2.45, 2.75) is 36.3 Å². The van der Waals surface area contributed by atoms with Gasteiger partial charge in [0.25, 0.3) is 0 Å². The monoisotopic (exact) mass is 433 g/mol. The van der Waals surface area contributed by atoms with E-state index in [1.165, 1.54) is 11.1 Å². The van der Waals surface area contributed by atoms with E-state index in [0.29, 0.717) is 15.8 Å². The standard InChI is InChI=1S/C21H21Cl2N3OS/c22-18-6-5-14(11-19(18)23)28-13-20-17(12-24)15-3-1-2-4-16(15)21(25-20)26-7-9-27-10-8-26/h5-6,11H,1-4,7-10,13H2. The summed E-state index contributed by atoms with van der Waals surface area (Å²) in [6.45, 7) is 3.16. The van der Waals surface area contributed by atoms with Crippen LogP contribution < -0.4 is 4.90 Å². The summed E-state index contributed by atoms with van der Waals surface area (Å²) in [6, 6.07) is 8.06.